The first-order valence-electron chi connectivity index (χ1n) is 8.70. The normalized spacial score (nSPS) is 15.0. The van der Waals surface area contributed by atoms with Gasteiger partial charge in [0, 0.05) is 27.2 Å². The van der Waals surface area contributed by atoms with Gasteiger partial charge < -0.3 is 14.4 Å². The van der Waals surface area contributed by atoms with E-state index in [-0.39, 0.29) is 0 Å². The fraction of sp³-hybridized carbons (Fsp3) is 0.333. The van der Waals surface area contributed by atoms with Gasteiger partial charge in [0.2, 0.25) is 5.95 Å². The molecule has 8 nitrogen and oxygen atoms in total. The number of benzene rings is 1. The maximum absolute atomic E-state index is 4.79. The van der Waals surface area contributed by atoms with Crippen molar-refractivity contribution in [2.24, 2.45) is 7.05 Å². The van der Waals surface area contributed by atoms with Crippen LogP contribution >= 0.6 is 0 Å². The molecule has 0 unspecified atom stereocenters. The molecule has 4 heterocycles. The van der Waals surface area contributed by atoms with E-state index in [9.17, 15) is 0 Å². The summed E-state index contributed by atoms with van der Waals surface area (Å²) >= 11 is 0. The quantitative estimate of drug-likeness (QED) is 0.561. The Morgan fingerprint density at radius 1 is 1.08 bits per heavy atom. The zero-order valence-electron chi connectivity index (χ0n) is 15.0. The topological polar surface area (TPSA) is 67.4 Å². The third-order valence-electron chi connectivity index (χ3n) is 5.22. The predicted molar refractivity (Wildman–Crippen MR) is 101 cm³/mol. The molecule has 0 amide bonds. The van der Waals surface area contributed by atoms with Gasteiger partial charge in [-0.1, -0.05) is 12.1 Å². The fourth-order valence-corrected chi connectivity index (χ4v) is 3.55. The third kappa shape index (κ3) is 2.15. The van der Waals surface area contributed by atoms with Gasteiger partial charge in [-0.3, -0.25) is 0 Å². The van der Waals surface area contributed by atoms with Crippen molar-refractivity contribution in [3.63, 3.8) is 0 Å². The van der Waals surface area contributed by atoms with Gasteiger partial charge in [0.1, 0.15) is 5.82 Å². The largest absolute Gasteiger partial charge is 0.351 e. The number of anilines is 2. The van der Waals surface area contributed by atoms with Gasteiger partial charge in [0.15, 0.2) is 11.5 Å². The summed E-state index contributed by atoms with van der Waals surface area (Å²) in [4.78, 5) is 9.32. The summed E-state index contributed by atoms with van der Waals surface area (Å²) in [6.45, 7) is 3.74. The molecule has 1 aliphatic rings. The van der Waals surface area contributed by atoms with Crippen molar-refractivity contribution in [3.05, 3.63) is 42.2 Å². The highest BCUT2D eigenvalue weighted by molar-refractivity contribution is 5.78. The number of hydrogen-bond acceptors (Lipinski definition) is 6. The number of aryl methyl sites for hydroxylation is 2. The molecule has 8 heteroatoms. The molecule has 5 rings (SSSR count). The van der Waals surface area contributed by atoms with Crippen molar-refractivity contribution >= 4 is 28.4 Å². The monoisotopic (exact) mass is 348 g/mol. The van der Waals surface area contributed by atoms with Crippen molar-refractivity contribution in [2.45, 2.75) is 13.0 Å². The molecule has 0 spiro atoms. The Kier molecular flexibility index (Phi) is 3.15. The first kappa shape index (κ1) is 15.1. The van der Waals surface area contributed by atoms with Gasteiger partial charge in [0.25, 0.3) is 0 Å². The molecule has 0 bridgehead atoms. The zero-order valence-corrected chi connectivity index (χ0v) is 15.0. The molecular formula is C18H20N8. The maximum Gasteiger partial charge on any atom is 0.206 e. The Balaban J connectivity index is 1.36. The molecule has 3 aromatic heterocycles. The highest BCUT2D eigenvalue weighted by Crippen LogP contribution is 2.27. The Morgan fingerprint density at radius 3 is 2.69 bits per heavy atom. The van der Waals surface area contributed by atoms with E-state index in [0.717, 1.165) is 47.4 Å². The number of imidazole rings is 1. The van der Waals surface area contributed by atoms with Crippen molar-refractivity contribution in [3.8, 4) is 0 Å². The number of aromatic nitrogens is 6. The van der Waals surface area contributed by atoms with E-state index in [0.29, 0.717) is 6.04 Å². The first-order valence-corrected chi connectivity index (χ1v) is 8.70. The Labute approximate surface area is 150 Å². The minimum Gasteiger partial charge on any atom is -0.351 e. The number of para-hydroxylation sites is 2. The lowest BCUT2D eigenvalue weighted by Gasteiger charge is -2.44. The van der Waals surface area contributed by atoms with E-state index in [4.69, 9.17) is 4.98 Å². The molecule has 1 fully saturated rings. The highest BCUT2D eigenvalue weighted by atomic mass is 15.4. The lowest BCUT2D eigenvalue weighted by Crippen LogP contribution is -2.59. The summed E-state index contributed by atoms with van der Waals surface area (Å²) in [5, 5.41) is 12.8. The van der Waals surface area contributed by atoms with Crippen LogP contribution in [0.1, 0.15) is 5.82 Å². The highest BCUT2D eigenvalue weighted by Gasteiger charge is 2.33. The Hall–Kier alpha value is -3.16. The van der Waals surface area contributed by atoms with Crippen LogP contribution in [0, 0.1) is 6.92 Å². The minimum absolute atomic E-state index is 0.407. The molecule has 132 valence electrons. The SMILES string of the molecule is Cc1nnc2ccc(N3CC(N(C)c4nc5ccccc5n4C)C3)nn12. The van der Waals surface area contributed by atoms with Gasteiger partial charge in [-0.15, -0.1) is 15.3 Å². The summed E-state index contributed by atoms with van der Waals surface area (Å²) in [7, 11) is 4.19. The van der Waals surface area contributed by atoms with E-state index in [2.05, 4.69) is 55.9 Å². The molecular weight excluding hydrogens is 328 g/mol. The second kappa shape index (κ2) is 5.42. The van der Waals surface area contributed by atoms with E-state index in [1.165, 1.54) is 0 Å². The minimum atomic E-state index is 0.407. The summed E-state index contributed by atoms with van der Waals surface area (Å²) < 4.78 is 3.95. The molecule has 1 aliphatic heterocycles. The molecule has 0 N–H and O–H groups in total. The van der Waals surface area contributed by atoms with Crippen LogP contribution < -0.4 is 9.80 Å². The lowest BCUT2D eigenvalue weighted by molar-refractivity contribution is 0.481. The van der Waals surface area contributed by atoms with Crippen LogP contribution in [0.2, 0.25) is 0 Å². The number of likely N-dealkylation sites (N-methyl/N-ethyl adjacent to an activating group) is 1. The van der Waals surface area contributed by atoms with Gasteiger partial charge in [-0.25, -0.2) is 4.98 Å². The standard InChI is InChI=1S/C18H20N8/c1-12-20-21-16-8-9-17(22-26(12)16)25-10-13(11-25)23(2)18-19-14-6-4-5-7-15(14)24(18)3/h4-9,13H,10-11H2,1-3H3. The van der Waals surface area contributed by atoms with Crippen LogP contribution in [-0.4, -0.2) is 55.5 Å². The van der Waals surface area contributed by atoms with Crippen molar-refractivity contribution in [1.29, 1.82) is 0 Å². The van der Waals surface area contributed by atoms with Crippen molar-refractivity contribution in [2.75, 3.05) is 29.9 Å². The first-order chi connectivity index (χ1) is 12.6. The number of hydrogen-bond donors (Lipinski definition) is 0. The van der Waals surface area contributed by atoms with E-state index in [1.807, 2.05) is 31.2 Å². The van der Waals surface area contributed by atoms with Crippen molar-refractivity contribution in [1.82, 2.24) is 29.4 Å². The summed E-state index contributed by atoms with van der Waals surface area (Å²) in [6, 6.07) is 12.6. The van der Waals surface area contributed by atoms with Crippen LogP contribution in [0.5, 0.6) is 0 Å². The summed E-state index contributed by atoms with van der Waals surface area (Å²) in [5.74, 6) is 2.75. The number of fused-ring (bicyclic) bond motifs is 2. The second-order valence-electron chi connectivity index (χ2n) is 6.84. The molecule has 26 heavy (non-hydrogen) atoms. The van der Waals surface area contributed by atoms with Crippen LogP contribution in [-0.2, 0) is 7.05 Å². The Bertz CT molecular complexity index is 1100. The molecule has 1 saturated heterocycles. The van der Waals surface area contributed by atoms with Crippen LogP contribution in [0.4, 0.5) is 11.8 Å². The van der Waals surface area contributed by atoms with Gasteiger partial charge in [-0.05, 0) is 31.2 Å². The zero-order chi connectivity index (χ0) is 17.8. The van der Waals surface area contributed by atoms with E-state index < -0.39 is 0 Å². The van der Waals surface area contributed by atoms with E-state index in [1.54, 1.807) is 4.52 Å². The Morgan fingerprint density at radius 2 is 1.88 bits per heavy atom. The van der Waals surface area contributed by atoms with Gasteiger partial charge >= 0.3 is 0 Å². The molecule has 0 aliphatic carbocycles. The number of rotatable bonds is 3. The maximum atomic E-state index is 4.79. The molecule has 0 saturated carbocycles. The van der Waals surface area contributed by atoms with Gasteiger partial charge in [0.05, 0.1) is 17.1 Å². The fourth-order valence-electron chi connectivity index (χ4n) is 3.55. The third-order valence-corrected chi connectivity index (χ3v) is 5.22. The van der Waals surface area contributed by atoms with Crippen molar-refractivity contribution < 1.29 is 0 Å². The van der Waals surface area contributed by atoms with Crippen LogP contribution in [0.25, 0.3) is 16.7 Å². The smallest absolute Gasteiger partial charge is 0.206 e. The predicted octanol–water partition coefficient (Wildman–Crippen LogP) is 1.64. The molecule has 1 aromatic carbocycles. The average Bonchev–Trinajstić information content (AvgIpc) is 3.15. The summed E-state index contributed by atoms with van der Waals surface area (Å²) in [5.41, 5.74) is 2.96. The molecule has 0 atom stereocenters. The molecule has 4 aromatic rings. The van der Waals surface area contributed by atoms with Crippen LogP contribution in [0.15, 0.2) is 36.4 Å². The second-order valence-corrected chi connectivity index (χ2v) is 6.84. The van der Waals surface area contributed by atoms with Crippen LogP contribution in [0.3, 0.4) is 0 Å². The summed E-state index contributed by atoms with van der Waals surface area (Å²) in [6.07, 6.45) is 0. The van der Waals surface area contributed by atoms with Gasteiger partial charge in [-0.2, -0.15) is 4.52 Å². The van der Waals surface area contributed by atoms with E-state index >= 15 is 0 Å². The number of nitrogens with zero attached hydrogens (tertiary/aromatic N) is 8. The average molecular weight is 348 g/mol. The lowest BCUT2D eigenvalue weighted by atomic mass is 10.1. The molecule has 0 radical (unpaired) electrons.